The van der Waals surface area contributed by atoms with Crippen molar-refractivity contribution < 1.29 is 0 Å². The summed E-state index contributed by atoms with van der Waals surface area (Å²) in [6, 6.07) is 12.7. The summed E-state index contributed by atoms with van der Waals surface area (Å²) in [7, 11) is 0. The molecule has 0 saturated heterocycles. The van der Waals surface area contributed by atoms with Gasteiger partial charge >= 0.3 is 0 Å². The molecule has 0 radical (unpaired) electrons. The summed E-state index contributed by atoms with van der Waals surface area (Å²) >= 11 is 9.73. The number of hydrogen-bond acceptors (Lipinski definition) is 1. The molecule has 0 heterocycles. The highest BCUT2D eigenvalue weighted by molar-refractivity contribution is 9.10. The molecule has 106 valence electrons. The molecule has 0 atom stereocenters. The van der Waals surface area contributed by atoms with Crippen LogP contribution in [0.15, 0.2) is 40.9 Å². The standard InChI is InChI=1S/C17H19BrClN/c1-11(2)14-6-4-13(5-7-14)10-20-17-9-16(19)12(3)8-15(17)18/h4-9,11,20H,10H2,1-3H3. The monoisotopic (exact) mass is 351 g/mol. The molecule has 0 aliphatic heterocycles. The molecular weight excluding hydrogens is 334 g/mol. The minimum Gasteiger partial charge on any atom is -0.380 e. The molecule has 0 aliphatic carbocycles. The first-order chi connectivity index (χ1) is 9.47. The van der Waals surface area contributed by atoms with Crippen LogP contribution in [0.3, 0.4) is 0 Å². The van der Waals surface area contributed by atoms with Crippen LogP contribution >= 0.6 is 27.5 Å². The van der Waals surface area contributed by atoms with Crippen LogP contribution < -0.4 is 5.32 Å². The SMILES string of the molecule is Cc1cc(Br)c(NCc2ccc(C(C)C)cc2)cc1Cl. The summed E-state index contributed by atoms with van der Waals surface area (Å²) in [4.78, 5) is 0. The van der Waals surface area contributed by atoms with E-state index in [-0.39, 0.29) is 0 Å². The Morgan fingerprint density at radius 2 is 1.80 bits per heavy atom. The third-order valence-electron chi connectivity index (χ3n) is 3.38. The lowest BCUT2D eigenvalue weighted by molar-refractivity contribution is 0.865. The molecule has 3 heteroatoms. The van der Waals surface area contributed by atoms with Gasteiger partial charge in [0.2, 0.25) is 0 Å². The van der Waals surface area contributed by atoms with Gasteiger partial charge in [-0.05, 0) is 57.6 Å². The molecule has 2 aromatic carbocycles. The van der Waals surface area contributed by atoms with Gasteiger partial charge < -0.3 is 5.32 Å². The molecule has 0 aliphatic rings. The fourth-order valence-corrected chi connectivity index (χ4v) is 2.76. The topological polar surface area (TPSA) is 12.0 Å². The Labute approximate surface area is 134 Å². The van der Waals surface area contributed by atoms with Gasteiger partial charge in [0, 0.05) is 16.0 Å². The maximum Gasteiger partial charge on any atom is 0.0502 e. The Morgan fingerprint density at radius 3 is 2.40 bits per heavy atom. The maximum atomic E-state index is 6.16. The number of rotatable bonds is 4. The van der Waals surface area contributed by atoms with Crippen molar-refractivity contribution in [3.05, 3.63) is 62.6 Å². The van der Waals surface area contributed by atoms with Crippen molar-refractivity contribution in [2.45, 2.75) is 33.2 Å². The van der Waals surface area contributed by atoms with E-state index < -0.39 is 0 Å². The fourth-order valence-electron chi connectivity index (χ4n) is 2.00. The molecule has 0 fully saturated rings. The number of anilines is 1. The summed E-state index contributed by atoms with van der Waals surface area (Å²) < 4.78 is 1.04. The quantitative estimate of drug-likeness (QED) is 0.696. The molecule has 1 N–H and O–H groups in total. The van der Waals surface area contributed by atoms with Gasteiger partial charge in [-0.15, -0.1) is 0 Å². The predicted octanol–water partition coefficient (Wildman–Crippen LogP) is 6.15. The zero-order valence-corrected chi connectivity index (χ0v) is 14.3. The van der Waals surface area contributed by atoms with Crippen molar-refractivity contribution >= 4 is 33.2 Å². The van der Waals surface area contributed by atoms with Crippen molar-refractivity contribution in [3.8, 4) is 0 Å². The lowest BCUT2D eigenvalue weighted by Gasteiger charge is -2.12. The van der Waals surface area contributed by atoms with Gasteiger partial charge in [-0.3, -0.25) is 0 Å². The third-order valence-corrected chi connectivity index (χ3v) is 4.44. The third kappa shape index (κ3) is 3.77. The first-order valence-corrected chi connectivity index (χ1v) is 7.93. The van der Waals surface area contributed by atoms with Gasteiger partial charge in [0.15, 0.2) is 0 Å². The average molecular weight is 353 g/mol. The zero-order valence-electron chi connectivity index (χ0n) is 12.0. The van der Waals surface area contributed by atoms with Gasteiger partial charge in [-0.2, -0.15) is 0 Å². The molecule has 0 amide bonds. The molecule has 2 aromatic rings. The van der Waals surface area contributed by atoms with E-state index in [4.69, 9.17) is 11.6 Å². The van der Waals surface area contributed by atoms with Crippen molar-refractivity contribution in [1.29, 1.82) is 0 Å². The molecule has 1 nitrogen and oxygen atoms in total. The smallest absolute Gasteiger partial charge is 0.0502 e. The Hall–Kier alpha value is -0.990. The second kappa shape index (κ2) is 6.64. The van der Waals surface area contributed by atoms with Gasteiger partial charge in [0.1, 0.15) is 0 Å². The summed E-state index contributed by atoms with van der Waals surface area (Å²) in [5, 5.41) is 4.20. The second-order valence-corrected chi connectivity index (χ2v) is 6.59. The Morgan fingerprint density at radius 1 is 1.15 bits per heavy atom. The number of aryl methyl sites for hydroxylation is 1. The summed E-state index contributed by atoms with van der Waals surface area (Å²) in [5.74, 6) is 0.571. The largest absolute Gasteiger partial charge is 0.380 e. The lowest BCUT2D eigenvalue weighted by Crippen LogP contribution is -2.01. The number of nitrogens with one attached hydrogen (secondary N) is 1. The van der Waals surface area contributed by atoms with Gasteiger partial charge in [-0.1, -0.05) is 49.7 Å². The number of benzene rings is 2. The normalized spacial score (nSPS) is 10.9. The Balaban J connectivity index is 2.07. The Bertz CT molecular complexity index is 591. The van der Waals surface area contributed by atoms with Gasteiger partial charge in [0.25, 0.3) is 0 Å². The summed E-state index contributed by atoms with van der Waals surface area (Å²) in [6.07, 6.45) is 0. The zero-order chi connectivity index (χ0) is 14.7. The molecule has 0 spiro atoms. The van der Waals surface area contributed by atoms with E-state index in [1.807, 2.05) is 19.1 Å². The van der Waals surface area contributed by atoms with Crippen LogP contribution in [0, 0.1) is 6.92 Å². The fraction of sp³-hybridized carbons (Fsp3) is 0.294. The minimum atomic E-state index is 0.571. The van der Waals surface area contributed by atoms with E-state index in [9.17, 15) is 0 Å². The molecular formula is C17H19BrClN. The Kier molecular flexibility index (Phi) is 5.11. The average Bonchev–Trinajstić information content (AvgIpc) is 2.42. The summed E-state index contributed by atoms with van der Waals surface area (Å²) in [6.45, 7) is 7.20. The molecule has 2 rings (SSSR count). The van der Waals surface area contributed by atoms with Crippen LogP contribution in [-0.2, 0) is 6.54 Å². The van der Waals surface area contributed by atoms with E-state index >= 15 is 0 Å². The lowest BCUT2D eigenvalue weighted by atomic mass is 10.0. The van der Waals surface area contributed by atoms with Crippen molar-refractivity contribution in [1.82, 2.24) is 0 Å². The van der Waals surface area contributed by atoms with Crippen LogP contribution in [0.5, 0.6) is 0 Å². The van der Waals surface area contributed by atoms with Crippen molar-refractivity contribution in [2.75, 3.05) is 5.32 Å². The second-order valence-electron chi connectivity index (χ2n) is 5.33. The van der Waals surface area contributed by atoms with Crippen LogP contribution in [0.1, 0.15) is 36.5 Å². The van der Waals surface area contributed by atoms with Crippen LogP contribution in [0.2, 0.25) is 5.02 Å². The van der Waals surface area contributed by atoms with E-state index in [0.29, 0.717) is 5.92 Å². The maximum absolute atomic E-state index is 6.16. The highest BCUT2D eigenvalue weighted by Gasteiger charge is 2.04. The highest BCUT2D eigenvalue weighted by Crippen LogP contribution is 2.29. The van der Waals surface area contributed by atoms with Crippen LogP contribution in [0.4, 0.5) is 5.69 Å². The first kappa shape index (κ1) is 15.4. The first-order valence-electron chi connectivity index (χ1n) is 6.75. The number of hydrogen-bond donors (Lipinski definition) is 1. The van der Waals surface area contributed by atoms with Crippen LogP contribution in [-0.4, -0.2) is 0 Å². The van der Waals surface area contributed by atoms with Crippen molar-refractivity contribution in [3.63, 3.8) is 0 Å². The number of halogens is 2. The van der Waals surface area contributed by atoms with E-state index in [0.717, 1.165) is 27.3 Å². The molecule has 0 aromatic heterocycles. The van der Waals surface area contributed by atoms with Crippen molar-refractivity contribution in [2.24, 2.45) is 0 Å². The molecule has 0 saturated carbocycles. The van der Waals surface area contributed by atoms with Crippen LogP contribution in [0.25, 0.3) is 0 Å². The van der Waals surface area contributed by atoms with E-state index in [2.05, 4.69) is 59.4 Å². The van der Waals surface area contributed by atoms with E-state index in [1.165, 1.54) is 11.1 Å². The summed E-state index contributed by atoms with van der Waals surface area (Å²) in [5.41, 5.74) is 4.73. The van der Waals surface area contributed by atoms with Gasteiger partial charge in [-0.25, -0.2) is 0 Å². The molecule has 20 heavy (non-hydrogen) atoms. The molecule has 0 bridgehead atoms. The minimum absolute atomic E-state index is 0.571. The molecule has 0 unspecified atom stereocenters. The van der Waals surface area contributed by atoms with E-state index in [1.54, 1.807) is 0 Å². The highest BCUT2D eigenvalue weighted by atomic mass is 79.9. The van der Waals surface area contributed by atoms with Gasteiger partial charge in [0.05, 0.1) is 5.69 Å². The predicted molar refractivity (Wildman–Crippen MR) is 91.7 cm³/mol.